The molecule has 0 bridgehead atoms. The second-order valence-electron chi connectivity index (χ2n) is 4.43. The van der Waals surface area contributed by atoms with Gasteiger partial charge >= 0.3 is 0 Å². The summed E-state index contributed by atoms with van der Waals surface area (Å²) in [5, 5.41) is 0. The summed E-state index contributed by atoms with van der Waals surface area (Å²) < 4.78 is 10.7. The van der Waals surface area contributed by atoms with E-state index in [1.807, 2.05) is 30.3 Å². The van der Waals surface area contributed by atoms with Gasteiger partial charge in [-0.2, -0.15) is 0 Å². The van der Waals surface area contributed by atoms with Crippen molar-refractivity contribution in [2.45, 2.75) is 25.8 Å². The summed E-state index contributed by atoms with van der Waals surface area (Å²) in [4.78, 5) is 0. The van der Waals surface area contributed by atoms with E-state index in [9.17, 15) is 0 Å². The second-order valence-corrected chi connectivity index (χ2v) is 4.43. The van der Waals surface area contributed by atoms with Crippen LogP contribution in [0.15, 0.2) is 47.3 Å². The highest BCUT2D eigenvalue weighted by molar-refractivity contribution is 5.34. The number of hydrogen-bond donors (Lipinski definition) is 2. The van der Waals surface area contributed by atoms with E-state index >= 15 is 0 Å². The predicted molar refractivity (Wildman–Crippen MR) is 74.7 cm³/mol. The molecule has 0 aliphatic heterocycles. The Hall–Kier alpha value is -1.78. The Balaban J connectivity index is 2.04. The van der Waals surface area contributed by atoms with E-state index in [-0.39, 0.29) is 6.04 Å². The summed E-state index contributed by atoms with van der Waals surface area (Å²) in [5.41, 5.74) is 4.87. The summed E-state index contributed by atoms with van der Waals surface area (Å²) in [5.74, 6) is 6.50. The number of hydrazine groups is 1. The Morgan fingerprint density at radius 3 is 2.58 bits per heavy atom. The zero-order chi connectivity index (χ0) is 13.5. The van der Waals surface area contributed by atoms with Crippen molar-refractivity contribution in [1.29, 1.82) is 0 Å². The van der Waals surface area contributed by atoms with Crippen LogP contribution in [-0.4, -0.2) is 6.61 Å². The first-order valence-corrected chi connectivity index (χ1v) is 6.56. The number of nitrogens with one attached hydrogen (secondary N) is 1. The Labute approximate surface area is 113 Å². The van der Waals surface area contributed by atoms with Crippen molar-refractivity contribution < 1.29 is 9.15 Å². The molecule has 0 radical (unpaired) electrons. The molecule has 1 aromatic carbocycles. The molecule has 0 amide bonds. The SMILES string of the molecule is CCCCOc1ccc(C(NN)c2ccoc2)cc1. The van der Waals surface area contributed by atoms with Gasteiger partial charge in [-0.3, -0.25) is 5.84 Å². The van der Waals surface area contributed by atoms with Crippen LogP contribution in [0.4, 0.5) is 0 Å². The minimum atomic E-state index is -0.0663. The van der Waals surface area contributed by atoms with Crippen molar-refractivity contribution in [3.05, 3.63) is 54.0 Å². The molecule has 1 unspecified atom stereocenters. The topological polar surface area (TPSA) is 60.4 Å². The molecular weight excluding hydrogens is 240 g/mol. The van der Waals surface area contributed by atoms with Gasteiger partial charge in [0.05, 0.1) is 25.2 Å². The van der Waals surface area contributed by atoms with E-state index in [1.54, 1.807) is 12.5 Å². The van der Waals surface area contributed by atoms with Gasteiger partial charge in [0.15, 0.2) is 0 Å². The van der Waals surface area contributed by atoms with Gasteiger partial charge in [-0.05, 0) is 30.2 Å². The summed E-state index contributed by atoms with van der Waals surface area (Å²) in [6.07, 6.45) is 5.54. The molecule has 0 saturated carbocycles. The molecule has 102 valence electrons. The molecule has 0 aliphatic rings. The van der Waals surface area contributed by atoms with Crippen LogP contribution >= 0.6 is 0 Å². The van der Waals surface area contributed by atoms with Crippen LogP contribution in [0.1, 0.15) is 36.9 Å². The number of furan rings is 1. The van der Waals surface area contributed by atoms with Crippen LogP contribution in [0.2, 0.25) is 0 Å². The molecule has 4 heteroatoms. The fourth-order valence-corrected chi connectivity index (χ4v) is 1.92. The van der Waals surface area contributed by atoms with Crippen LogP contribution in [0.5, 0.6) is 5.75 Å². The number of benzene rings is 1. The first-order valence-electron chi connectivity index (χ1n) is 6.56. The summed E-state index contributed by atoms with van der Waals surface area (Å²) in [6.45, 7) is 2.91. The fraction of sp³-hybridized carbons (Fsp3) is 0.333. The maximum atomic E-state index is 5.64. The molecule has 1 heterocycles. The number of rotatable bonds is 7. The molecule has 2 aromatic rings. The van der Waals surface area contributed by atoms with Crippen LogP contribution in [0.3, 0.4) is 0 Å². The first kappa shape index (κ1) is 13.6. The molecule has 1 aromatic heterocycles. The highest BCUT2D eigenvalue weighted by Crippen LogP contribution is 2.23. The molecule has 0 saturated heterocycles. The standard InChI is InChI=1S/C15H20N2O2/c1-2-3-9-19-14-6-4-12(5-7-14)15(17-16)13-8-10-18-11-13/h4-8,10-11,15,17H,2-3,9,16H2,1H3. The highest BCUT2D eigenvalue weighted by atomic mass is 16.5. The summed E-state index contributed by atoms with van der Waals surface area (Å²) in [7, 11) is 0. The van der Waals surface area contributed by atoms with Gasteiger partial charge in [-0.1, -0.05) is 25.5 Å². The largest absolute Gasteiger partial charge is 0.494 e. The number of hydrogen-bond acceptors (Lipinski definition) is 4. The van der Waals surface area contributed by atoms with Gasteiger partial charge in [-0.15, -0.1) is 0 Å². The van der Waals surface area contributed by atoms with Crippen molar-refractivity contribution >= 4 is 0 Å². The van der Waals surface area contributed by atoms with Crippen LogP contribution in [-0.2, 0) is 0 Å². The highest BCUT2D eigenvalue weighted by Gasteiger charge is 2.13. The fourth-order valence-electron chi connectivity index (χ4n) is 1.92. The van der Waals surface area contributed by atoms with E-state index in [2.05, 4.69) is 12.3 Å². The maximum Gasteiger partial charge on any atom is 0.119 e. The monoisotopic (exact) mass is 260 g/mol. The molecule has 0 aliphatic carbocycles. The number of unbranched alkanes of at least 4 members (excludes halogenated alkanes) is 1. The third-order valence-corrected chi connectivity index (χ3v) is 3.02. The number of nitrogens with two attached hydrogens (primary N) is 1. The Morgan fingerprint density at radius 1 is 1.21 bits per heavy atom. The van der Waals surface area contributed by atoms with Crippen molar-refractivity contribution in [2.24, 2.45) is 5.84 Å². The lowest BCUT2D eigenvalue weighted by molar-refractivity contribution is 0.309. The van der Waals surface area contributed by atoms with Gasteiger partial charge in [0.2, 0.25) is 0 Å². The van der Waals surface area contributed by atoms with Gasteiger partial charge in [0, 0.05) is 5.56 Å². The van der Waals surface area contributed by atoms with Gasteiger partial charge < -0.3 is 9.15 Å². The summed E-state index contributed by atoms with van der Waals surface area (Å²) in [6, 6.07) is 9.79. The molecule has 0 fully saturated rings. The average molecular weight is 260 g/mol. The smallest absolute Gasteiger partial charge is 0.119 e. The van der Waals surface area contributed by atoms with Crippen molar-refractivity contribution in [3.63, 3.8) is 0 Å². The minimum Gasteiger partial charge on any atom is -0.494 e. The van der Waals surface area contributed by atoms with Crippen molar-refractivity contribution in [1.82, 2.24) is 5.43 Å². The van der Waals surface area contributed by atoms with Gasteiger partial charge in [0.25, 0.3) is 0 Å². The molecule has 4 nitrogen and oxygen atoms in total. The minimum absolute atomic E-state index is 0.0663. The Bertz CT molecular complexity index is 465. The van der Waals surface area contributed by atoms with E-state index in [0.29, 0.717) is 0 Å². The van der Waals surface area contributed by atoms with Crippen LogP contribution in [0, 0.1) is 0 Å². The molecule has 1 atom stereocenters. The van der Waals surface area contributed by atoms with E-state index < -0.39 is 0 Å². The van der Waals surface area contributed by atoms with E-state index in [0.717, 1.165) is 36.3 Å². The predicted octanol–water partition coefficient (Wildman–Crippen LogP) is 3.01. The lowest BCUT2D eigenvalue weighted by Crippen LogP contribution is -2.28. The normalized spacial score (nSPS) is 12.3. The Kier molecular flexibility index (Phi) is 5.01. The zero-order valence-electron chi connectivity index (χ0n) is 11.1. The quantitative estimate of drug-likeness (QED) is 0.456. The second kappa shape index (κ2) is 6.97. The number of ether oxygens (including phenoxy) is 1. The zero-order valence-corrected chi connectivity index (χ0v) is 11.1. The van der Waals surface area contributed by atoms with Crippen LogP contribution in [0.25, 0.3) is 0 Å². The van der Waals surface area contributed by atoms with E-state index in [4.69, 9.17) is 15.0 Å². The maximum absolute atomic E-state index is 5.64. The van der Waals surface area contributed by atoms with Crippen molar-refractivity contribution in [2.75, 3.05) is 6.61 Å². The molecular formula is C15H20N2O2. The lowest BCUT2D eigenvalue weighted by Gasteiger charge is -2.15. The Morgan fingerprint density at radius 2 is 2.00 bits per heavy atom. The molecule has 3 N–H and O–H groups in total. The molecule has 19 heavy (non-hydrogen) atoms. The molecule has 2 rings (SSSR count). The van der Waals surface area contributed by atoms with Gasteiger partial charge in [-0.25, -0.2) is 5.43 Å². The van der Waals surface area contributed by atoms with Crippen LogP contribution < -0.4 is 16.0 Å². The lowest BCUT2D eigenvalue weighted by atomic mass is 10.0. The third kappa shape index (κ3) is 3.59. The summed E-state index contributed by atoms with van der Waals surface area (Å²) >= 11 is 0. The van der Waals surface area contributed by atoms with Crippen molar-refractivity contribution in [3.8, 4) is 5.75 Å². The third-order valence-electron chi connectivity index (χ3n) is 3.02. The van der Waals surface area contributed by atoms with Gasteiger partial charge in [0.1, 0.15) is 5.75 Å². The molecule has 0 spiro atoms. The van der Waals surface area contributed by atoms with E-state index in [1.165, 1.54) is 0 Å². The first-order chi connectivity index (χ1) is 9.35. The average Bonchev–Trinajstić information content (AvgIpc) is 2.96.